The summed E-state index contributed by atoms with van der Waals surface area (Å²) in [5.74, 6) is 0.508. The summed E-state index contributed by atoms with van der Waals surface area (Å²) in [6.45, 7) is 5.70. The minimum atomic E-state index is -0.802. The molecule has 8 heteroatoms. The van der Waals surface area contributed by atoms with E-state index in [-0.39, 0.29) is 5.95 Å². The van der Waals surface area contributed by atoms with Gasteiger partial charge in [-0.1, -0.05) is 23.2 Å². The van der Waals surface area contributed by atoms with Gasteiger partial charge in [0, 0.05) is 16.8 Å². The molecule has 0 saturated heterocycles. The summed E-state index contributed by atoms with van der Waals surface area (Å²) in [4.78, 5) is 20.5. The van der Waals surface area contributed by atoms with Crippen LogP contribution in [0.5, 0.6) is 11.6 Å². The Morgan fingerprint density at radius 2 is 2.04 bits per heavy atom. The molecule has 0 saturated carbocycles. The fourth-order valence-electron chi connectivity index (χ4n) is 1.84. The average Bonchev–Trinajstić information content (AvgIpc) is 2.49. The number of aryl methyl sites for hydroxylation is 1. The van der Waals surface area contributed by atoms with Crippen LogP contribution in [0.3, 0.4) is 0 Å². The summed E-state index contributed by atoms with van der Waals surface area (Å²) in [5, 5.41) is 3.41. The maximum atomic E-state index is 12.2. The van der Waals surface area contributed by atoms with Crippen LogP contribution in [0, 0.1) is 6.92 Å². The normalized spacial score (nSPS) is 11.7. The second kappa shape index (κ2) is 8.17. The zero-order valence-electron chi connectivity index (χ0n) is 13.5. The Labute approximate surface area is 150 Å². The Morgan fingerprint density at radius 3 is 2.71 bits per heavy atom. The lowest BCUT2D eigenvalue weighted by Gasteiger charge is -2.15. The number of carbonyl (C=O) groups is 1. The van der Waals surface area contributed by atoms with Gasteiger partial charge in [-0.3, -0.25) is 10.1 Å². The van der Waals surface area contributed by atoms with Gasteiger partial charge in [-0.25, -0.2) is 4.98 Å². The summed E-state index contributed by atoms with van der Waals surface area (Å²) in [5.41, 5.74) is 0.679. The number of benzene rings is 1. The quantitative estimate of drug-likeness (QED) is 0.835. The molecule has 0 aliphatic rings. The van der Waals surface area contributed by atoms with Gasteiger partial charge in [-0.15, -0.1) is 0 Å². The van der Waals surface area contributed by atoms with Gasteiger partial charge in [0.2, 0.25) is 11.8 Å². The van der Waals surface area contributed by atoms with Crippen LogP contribution in [0.4, 0.5) is 5.95 Å². The summed E-state index contributed by atoms with van der Waals surface area (Å²) in [7, 11) is 0. The van der Waals surface area contributed by atoms with Crippen LogP contribution in [0.1, 0.15) is 19.5 Å². The smallest absolute Gasteiger partial charge is 0.267 e. The third-order valence-corrected chi connectivity index (χ3v) is 3.46. The molecular formula is C16H17Cl2N3O3. The van der Waals surface area contributed by atoms with Crippen LogP contribution in [0.15, 0.2) is 24.3 Å². The van der Waals surface area contributed by atoms with Crippen LogP contribution in [-0.4, -0.2) is 28.6 Å². The number of hydrogen-bond donors (Lipinski definition) is 1. The minimum Gasteiger partial charge on any atom is -0.479 e. The highest BCUT2D eigenvalue weighted by molar-refractivity contribution is 6.35. The van der Waals surface area contributed by atoms with Crippen molar-refractivity contribution in [1.82, 2.24) is 9.97 Å². The molecule has 1 aromatic heterocycles. The average molecular weight is 370 g/mol. The van der Waals surface area contributed by atoms with Crippen LogP contribution in [0.25, 0.3) is 0 Å². The van der Waals surface area contributed by atoms with E-state index >= 15 is 0 Å². The van der Waals surface area contributed by atoms with Gasteiger partial charge in [0.15, 0.2) is 6.10 Å². The molecule has 6 nitrogen and oxygen atoms in total. The van der Waals surface area contributed by atoms with Crippen molar-refractivity contribution in [2.45, 2.75) is 26.9 Å². The first kappa shape index (κ1) is 18.3. The third-order valence-electron chi connectivity index (χ3n) is 2.92. The zero-order valence-corrected chi connectivity index (χ0v) is 15.0. The van der Waals surface area contributed by atoms with Crippen molar-refractivity contribution in [3.63, 3.8) is 0 Å². The number of hydrogen-bond acceptors (Lipinski definition) is 5. The highest BCUT2D eigenvalue weighted by atomic mass is 35.5. The number of rotatable bonds is 6. The molecule has 24 heavy (non-hydrogen) atoms. The van der Waals surface area contributed by atoms with Crippen molar-refractivity contribution < 1.29 is 14.3 Å². The molecule has 0 aliphatic heterocycles. The van der Waals surface area contributed by atoms with Gasteiger partial charge in [0.05, 0.1) is 11.6 Å². The number of amides is 1. The predicted molar refractivity (Wildman–Crippen MR) is 93.1 cm³/mol. The molecule has 1 heterocycles. The van der Waals surface area contributed by atoms with Gasteiger partial charge in [-0.05, 0) is 39.0 Å². The molecule has 0 radical (unpaired) electrons. The summed E-state index contributed by atoms with van der Waals surface area (Å²) >= 11 is 11.9. The van der Waals surface area contributed by atoms with E-state index in [1.807, 2.05) is 6.92 Å². The van der Waals surface area contributed by atoms with Gasteiger partial charge in [0.25, 0.3) is 5.91 Å². The molecule has 0 fully saturated rings. The summed E-state index contributed by atoms with van der Waals surface area (Å²) in [6, 6.07) is 6.46. The summed E-state index contributed by atoms with van der Waals surface area (Å²) in [6.07, 6.45) is -0.802. The van der Waals surface area contributed by atoms with Crippen molar-refractivity contribution in [3.05, 3.63) is 40.0 Å². The first-order chi connectivity index (χ1) is 11.4. The highest BCUT2D eigenvalue weighted by Crippen LogP contribution is 2.28. The molecular weight excluding hydrogens is 353 g/mol. The van der Waals surface area contributed by atoms with Crippen molar-refractivity contribution >= 4 is 35.1 Å². The number of anilines is 1. The molecule has 1 aromatic carbocycles. The maximum absolute atomic E-state index is 12.2. The molecule has 1 atom stereocenters. The highest BCUT2D eigenvalue weighted by Gasteiger charge is 2.18. The second-order valence-electron chi connectivity index (χ2n) is 4.93. The molecule has 1 unspecified atom stereocenters. The predicted octanol–water partition coefficient (Wildman–Crippen LogP) is 3.90. The van der Waals surface area contributed by atoms with Crippen molar-refractivity contribution in [2.75, 3.05) is 11.9 Å². The molecule has 2 rings (SSSR count). The first-order valence-corrected chi connectivity index (χ1v) is 8.05. The first-order valence-electron chi connectivity index (χ1n) is 7.30. The lowest BCUT2D eigenvalue weighted by Crippen LogP contribution is -2.31. The van der Waals surface area contributed by atoms with E-state index < -0.39 is 12.0 Å². The number of nitrogens with one attached hydrogen (secondary N) is 1. The Morgan fingerprint density at radius 1 is 1.29 bits per heavy atom. The lowest BCUT2D eigenvalue weighted by molar-refractivity contribution is -0.122. The molecule has 0 aliphatic carbocycles. The van der Waals surface area contributed by atoms with E-state index in [0.29, 0.717) is 34.0 Å². The SMILES string of the molecule is CCOc1cc(C)nc(NC(=O)C(C)Oc2ccc(Cl)cc2Cl)n1. The van der Waals surface area contributed by atoms with E-state index in [1.54, 1.807) is 38.1 Å². The van der Waals surface area contributed by atoms with E-state index in [1.165, 1.54) is 0 Å². The topological polar surface area (TPSA) is 73.3 Å². The molecule has 0 bridgehead atoms. The van der Waals surface area contributed by atoms with Gasteiger partial charge < -0.3 is 9.47 Å². The molecule has 128 valence electrons. The van der Waals surface area contributed by atoms with Crippen LogP contribution >= 0.6 is 23.2 Å². The van der Waals surface area contributed by atoms with Gasteiger partial charge >= 0.3 is 0 Å². The molecule has 2 aromatic rings. The number of halogens is 2. The molecule has 0 spiro atoms. The lowest BCUT2D eigenvalue weighted by atomic mass is 10.3. The van der Waals surface area contributed by atoms with Crippen LogP contribution < -0.4 is 14.8 Å². The summed E-state index contributed by atoms with van der Waals surface area (Å²) < 4.78 is 10.9. The molecule has 1 N–H and O–H groups in total. The minimum absolute atomic E-state index is 0.154. The molecule has 1 amide bonds. The second-order valence-corrected chi connectivity index (χ2v) is 5.77. The van der Waals surface area contributed by atoms with Crippen LogP contribution in [0.2, 0.25) is 10.0 Å². The van der Waals surface area contributed by atoms with Crippen molar-refractivity contribution in [3.8, 4) is 11.6 Å². The van der Waals surface area contributed by atoms with E-state index in [2.05, 4.69) is 15.3 Å². The van der Waals surface area contributed by atoms with E-state index in [0.717, 1.165) is 0 Å². The van der Waals surface area contributed by atoms with Crippen LogP contribution in [-0.2, 0) is 4.79 Å². The number of nitrogens with zero attached hydrogens (tertiary/aromatic N) is 2. The van der Waals surface area contributed by atoms with Gasteiger partial charge in [-0.2, -0.15) is 4.98 Å². The third kappa shape index (κ3) is 4.97. The maximum Gasteiger partial charge on any atom is 0.267 e. The Hall–Kier alpha value is -2.05. The Bertz CT molecular complexity index is 741. The number of carbonyl (C=O) groups excluding carboxylic acids is 1. The largest absolute Gasteiger partial charge is 0.479 e. The fraction of sp³-hybridized carbons (Fsp3) is 0.312. The van der Waals surface area contributed by atoms with Gasteiger partial charge in [0.1, 0.15) is 5.75 Å². The van der Waals surface area contributed by atoms with Crippen molar-refractivity contribution in [1.29, 1.82) is 0 Å². The monoisotopic (exact) mass is 369 g/mol. The zero-order chi connectivity index (χ0) is 17.7. The Kier molecular flexibility index (Phi) is 6.23. The van der Waals surface area contributed by atoms with Crippen molar-refractivity contribution in [2.24, 2.45) is 0 Å². The number of aromatic nitrogens is 2. The number of ether oxygens (including phenoxy) is 2. The Balaban J connectivity index is 2.06. The van der Waals surface area contributed by atoms with E-state index in [9.17, 15) is 4.79 Å². The van der Waals surface area contributed by atoms with E-state index in [4.69, 9.17) is 32.7 Å². The standard InChI is InChI=1S/C16H17Cl2N3O3/c1-4-23-14-7-9(2)19-16(20-14)21-15(22)10(3)24-13-6-5-11(17)8-12(13)18/h5-8,10H,4H2,1-3H3,(H,19,20,21,22). The fourth-order valence-corrected chi connectivity index (χ4v) is 2.30.